The molecule has 0 atom stereocenters. The number of nitrogens with one attached hydrogen (secondary N) is 2. The van der Waals surface area contributed by atoms with E-state index in [0.29, 0.717) is 22.6 Å². The summed E-state index contributed by atoms with van der Waals surface area (Å²) in [6.45, 7) is 2.30. The summed E-state index contributed by atoms with van der Waals surface area (Å²) < 4.78 is 0. The molecule has 1 aliphatic rings. The van der Waals surface area contributed by atoms with Crippen molar-refractivity contribution in [3.05, 3.63) is 34.5 Å². The summed E-state index contributed by atoms with van der Waals surface area (Å²) in [5.41, 5.74) is 7.56. The minimum Gasteiger partial charge on any atom is -0.382 e. The summed E-state index contributed by atoms with van der Waals surface area (Å²) in [6, 6.07) is 6.21. The van der Waals surface area contributed by atoms with Crippen molar-refractivity contribution in [3.63, 3.8) is 0 Å². The van der Waals surface area contributed by atoms with E-state index in [4.69, 9.17) is 5.73 Å². The van der Waals surface area contributed by atoms with Gasteiger partial charge in [-0.1, -0.05) is 17.4 Å². The lowest BCUT2D eigenvalue weighted by Crippen LogP contribution is -2.23. The quantitative estimate of drug-likeness (QED) is 0.785. The van der Waals surface area contributed by atoms with Crippen molar-refractivity contribution in [2.45, 2.75) is 32.4 Å². The van der Waals surface area contributed by atoms with Crippen LogP contribution in [-0.4, -0.2) is 21.9 Å². The zero-order valence-electron chi connectivity index (χ0n) is 11.7. The molecule has 0 radical (unpaired) electrons. The summed E-state index contributed by atoms with van der Waals surface area (Å²) in [6.07, 6.45) is 2.31. The number of nitrogens with two attached hydrogens (primary N) is 1. The lowest BCUT2D eigenvalue weighted by atomic mass is 10.3. The van der Waals surface area contributed by atoms with Gasteiger partial charge in [0.25, 0.3) is 5.91 Å². The van der Waals surface area contributed by atoms with Crippen molar-refractivity contribution in [1.82, 2.24) is 15.3 Å². The van der Waals surface area contributed by atoms with E-state index in [1.54, 1.807) is 0 Å². The molecule has 0 saturated heterocycles. The molecular formula is C14H17N5OS. The molecule has 3 rings (SSSR count). The molecular weight excluding hydrogens is 286 g/mol. The largest absolute Gasteiger partial charge is 0.382 e. The second-order valence-corrected chi connectivity index (χ2v) is 6.10. The van der Waals surface area contributed by atoms with Crippen LogP contribution in [0.3, 0.4) is 0 Å². The number of aromatic nitrogens is 2. The van der Waals surface area contributed by atoms with Crippen LogP contribution in [0.5, 0.6) is 0 Å². The third kappa shape index (κ3) is 3.49. The van der Waals surface area contributed by atoms with Crippen molar-refractivity contribution in [3.8, 4) is 0 Å². The highest BCUT2D eigenvalue weighted by Crippen LogP contribution is 2.30. The molecule has 2 aromatic heterocycles. The molecule has 110 valence electrons. The van der Waals surface area contributed by atoms with Gasteiger partial charge in [-0.25, -0.2) is 4.98 Å². The first kappa shape index (κ1) is 13.8. The standard InChI is InChI=1S/C14H17N5OS/c1-8-3-2-4-10(17-8)7-16-13(20)11-12(15)19-14(21-11)18-9-5-6-9/h2-4,9H,5-7,15H2,1H3,(H,16,20)(H,18,19). The summed E-state index contributed by atoms with van der Waals surface area (Å²) in [5, 5.41) is 6.79. The Hall–Kier alpha value is -2.15. The van der Waals surface area contributed by atoms with E-state index < -0.39 is 0 Å². The first-order valence-electron chi connectivity index (χ1n) is 6.85. The molecule has 6 nitrogen and oxygen atoms in total. The molecule has 21 heavy (non-hydrogen) atoms. The molecule has 1 fully saturated rings. The van der Waals surface area contributed by atoms with Crippen LogP contribution >= 0.6 is 11.3 Å². The fraction of sp³-hybridized carbons (Fsp3) is 0.357. The Bertz CT molecular complexity index is 665. The van der Waals surface area contributed by atoms with E-state index in [1.165, 1.54) is 11.3 Å². The summed E-state index contributed by atoms with van der Waals surface area (Å²) >= 11 is 1.29. The lowest BCUT2D eigenvalue weighted by molar-refractivity contribution is 0.0955. The molecule has 2 heterocycles. The highest BCUT2D eigenvalue weighted by molar-refractivity contribution is 7.18. The zero-order valence-corrected chi connectivity index (χ0v) is 12.5. The number of rotatable bonds is 5. The molecule has 1 amide bonds. The summed E-state index contributed by atoms with van der Waals surface area (Å²) in [4.78, 5) is 21.1. The number of carbonyl (C=O) groups excluding carboxylic acids is 1. The Balaban J connectivity index is 1.63. The second-order valence-electron chi connectivity index (χ2n) is 5.10. The van der Waals surface area contributed by atoms with Gasteiger partial charge < -0.3 is 16.4 Å². The van der Waals surface area contributed by atoms with Crippen molar-refractivity contribution in [2.75, 3.05) is 11.1 Å². The monoisotopic (exact) mass is 303 g/mol. The molecule has 1 saturated carbocycles. The van der Waals surface area contributed by atoms with Crippen LogP contribution < -0.4 is 16.4 Å². The molecule has 0 spiro atoms. The van der Waals surface area contributed by atoms with Crippen LogP contribution in [0.1, 0.15) is 33.9 Å². The van der Waals surface area contributed by atoms with Gasteiger partial charge in [0.15, 0.2) is 5.13 Å². The van der Waals surface area contributed by atoms with Crippen molar-refractivity contribution >= 4 is 28.2 Å². The van der Waals surface area contributed by atoms with E-state index >= 15 is 0 Å². The number of hydrogen-bond acceptors (Lipinski definition) is 6. The van der Waals surface area contributed by atoms with E-state index in [2.05, 4.69) is 20.6 Å². The van der Waals surface area contributed by atoms with E-state index in [0.717, 1.165) is 24.2 Å². The van der Waals surface area contributed by atoms with Crippen LogP contribution in [0.2, 0.25) is 0 Å². The van der Waals surface area contributed by atoms with Gasteiger partial charge in [-0.2, -0.15) is 0 Å². The number of nitrogens with zero attached hydrogens (tertiary/aromatic N) is 2. The van der Waals surface area contributed by atoms with Gasteiger partial charge in [0.05, 0.1) is 12.2 Å². The van der Waals surface area contributed by atoms with Crippen molar-refractivity contribution < 1.29 is 4.79 Å². The normalized spacial score (nSPS) is 14.0. The molecule has 1 aliphatic carbocycles. The Morgan fingerprint density at radius 3 is 2.95 bits per heavy atom. The van der Waals surface area contributed by atoms with Crippen LogP contribution in [0, 0.1) is 6.92 Å². The Morgan fingerprint density at radius 1 is 1.43 bits per heavy atom. The predicted octanol–water partition coefficient (Wildman–Crippen LogP) is 1.93. The average molecular weight is 303 g/mol. The number of aryl methyl sites for hydroxylation is 1. The summed E-state index contributed by atoms with van der Waals surface area (Å²) in [7, 11) is 0. The third-order valence-corrected chi connectivity index (χ3v) is 4.14. The number of hydrogen-bond donors (Lipinski definition) is 3. The highest BCUT2D eigenvalue weighted by atomic mass is 32.1. The first-order valence-corrected chi connectivity index (χ1v) is 7.67. The van der Waals surface area contributed by atoms with E-state index in [1.807, 2.05) is 25.1 Å². The number of carbonyl (C=O) groups is 1. The summed E-state index contributed by atoms with van der Waals surface area (Å²) in [5.74, 6) is 0.0648. The molecule has 0 aromatic carbocycles. The van der Waals surface area contributed by atoms with Gasteiger partial charge in [0.1, 0.15) is 10.7 Å². The Morgan fingerprint density at radius 2 is 2.24 bits per heavy atom. The maximum atomic E-state index is 12.2. The van der Waals surface area contributed by atoms with Crippen molar-refractivity contribution in [1.29, 1.82) is 0 Å². The van der Waals surface area contributed by atoms with Crippen LogP contribution in [0.4, 0.5) is 10.9 Å². The molecule has 0 bridgehead atoms. The van der Waals surface area contributed by atoms with Crippen LogP contribution in [0.25, 0.3) is 0 Å². The first-order chi connectivity index (χ1) is 10.1. The zero-order chi connectivity index (χ0) is 14.8. The Kier molecular flexibility index (Phi) is 3.74. The minimum atomic E-state index is -0.211. The third-order valence-electron chi connectivity index (χ3n) is 3.14. The Labute approximate surface area is 126 Å². The molecule has 2 aromatic rings. The molecule has 7 heteroatoms. The maximum absolute atomic E-state index is 12.2. The lowest BCUT2D eigenvalue weighted by Gasteiger charge is -2.04. The number of anilines is 2. The second kappa shape index (κ2) is 5.69. The number of nitrogen functional groups attached to an aromatic ring is 1. The topological polar surface area (TPSA) is 92.9 Å². The predicted molar refractivity (Wildman–Crippen MR) is 83.3 cm³/mol. The average Bonchev–Trinajstić information content (AvgIpc) is 3.18. The van der Waals surface area contributed by atoms with Crippen LogP contribution in [-0.2, 0) is 6.54 Å². The highest BCUT2D eigenvalue weighted by Gasteiger charge is 2.24. The van der Waals surface area contributed by atoms with Gasteiger partial charge in [-0.15, -0.1) is 0 Å². The SMILES string of the molecule is Cc1cccc(CNC(=O)c2sc(NC3CC3)nc2N)n1. The molecule has 0 unspecified atom stereocenters. The molecule has 0 aliphatic heterocycles. The van der Waals surface area contributed by atoms with Gasteiger partial charge in [-0.05, 0) is 31.9 Å². The van der Waals surface area contributed by atoms with Crippen LogP contribution in [0.15, 0.2) is 18.2 Å². The maximum Gasteiger partial charge on any atom is 0.265 e. The minimum absolute atomic E-state index is 0.211. The van der Waals surface area contributed by atoms with Crippen molar-refractivity contribution in [2.24, 2.45) is 0 Å². The molecule has 4 N–H and O–H groups in total. The fourth-order valence-corrected chi connectivity index (χ4v) is 2.79. The van der Waals surface area contributed by atoms with E-state index in [-0.39, 0.29) is 11.7 Å². The number of pyridine rings is 1. The van der Waals surface area contributed by atoms with Gasteiger partial charge in [0.2, 0.25) is 0 Å². The van der Waals surface area contributed by atoms with E-state index in [9.17, 15) is 4.79 Å². The fourth-order valence-electron chi connectivity index (χ4n) is 1.91. The van der Waals surface area contributed by atoms with Gasteiger partial charge in [0, 0.05) is 11.7 Å². The number of amides is 1. The number of thiazole rings is 1. The smallest absolute Gasteiger partial charge is 0.265 e. The van der Waals surface area contributed by atoms with Gasteiger partial charge >= 0.3 is 0 Å². The van der Waals surface area contributed by atoms with Gasteiger partial charge in [-0.3, -0.25) is 9.78 Å².